The zero-order valence-electron chi connectivity index (χ0n) is 19.3. The summed E-state index contributed by atoms with van der Waals surface area (Å²) in [5.41, 5.74) is 5.72. The van der Waals surface area contributed by atoms with Crippen LogP contribution >= 0.6 is 0 Å². The van der Waals surface area contributed by atoms with Crippen molar-refractivity contribution in [2.24, 2.45) is 0 Å². The normalized spacial score (nSPS) is 11.9. The van der Waals surface area contributed by atoms with Crippen molar-refractivity contribution in [2.45, 2.75) is 19.9 Å². The third-order valence-electron chi connectivity index (χ3n) is 5.85. The van der Waals surface area contributed by atoms with Crippen LogP contribution in [0, 0.1) is 19.7 Å². The van der Waals surface area contributed by atoms with Crippen molar-refractivity contribution >= 4 is 28.3 Å². The van der Waals surface area contributed by atoms with Gasteiger partial charge < -0.3 is 15.6 Å². The average molecular weight is 466 g/mol. The molecule has 1 amide bonds. The lowest BCUT2D eigenvalue weighted by molar-refractivity contribution is 0.102. The molecular formula is C28H24FN5O. The first-order valence-corrected chi connectivity index (χ1v) is 11.3. The number of H-pyrrole nitrogens is 1. The zero-order valence-corrected chi connectivity index (χ0v) is 19.3. The fraction of sp³-hybridized carbons (Fsp3) is 0.107. The maximum atomic E-state index is 13.2. The number of hydrogen-bond donors (Lipinski definition) is 3. The molecule has 0 spiro atoms. The molecule has 3 heterocycles. The van der Waals surface area contributed by atoms with Crippen LogP contribution in [0.25, 0.3) is 10.9 Å². The lowest BCUT2D eigenvalue weighted by Crippen LogP contribution is -2.16. The lowest BCUT2D eigenvalue weighted by atomic mass is 9.99. The van der Waals surface area contributed by atoms with Gasteiger partial charge in [-0.1, -0.05) is 12.1 Å². The van der Waals surface area contributed by atoms with Crippen molar-refractivity contribution < 1.29 is 9.18 Å². The van der Waals surface area contributed by atoms with Gasteiger partial charge in [0.1, 0.15) is 11.6 Å². The molecule has 0 bridgehead atoms. The van der Waals surface area contributed by atoms with E-state index in [2.05, 4.69) is 25.6 Å². The largest absolute Gasteiger partial charge is 0.358 e. The number of carbonyl (C=O) groups excluding carboxylic acids is 1. The summed E-state index contributed by atoms with van der Waals surface area (Å²) < 4.78 is 13.2. The molecule has 5 aromatic rings. The van der Waals surface area contributed by atoms with E-state index in [9.17, 15) is 9.18 Å². The van der Waals surface area contributed by atoms with Gasteiger partial charge in [-0.3, -0.25) is 9.78 Å². The Bertz CT molecular complexity index is 1500. The van der Waals surface area contributed by atoms with E-state index in [0.717, 1.165) is 39.4 Å². The summed E-state index contributed by atoms with van der Waals surface area (Å²) >= 11 is 0. The molecule has 0 saturated heterocycles. The first kappa shape index (κ1) is 22.3. The number of benzene rings is 2. The van der Waals surface area contributed by atoms with E-state index in [1.54, 1.807) is 6.20 Å². The molecule has 7 heteroatoms. The summed E-state index contributed by atoms with van der Waals surface area (Å²) in [5.74, 6) is 0.0586. The zero-order chi connectivity index (χ0) is 24.4. The molecule has 5 rings (SSSR count). The monoisotopic (exact) mass is 465 g/mol. The molecule has 174 valence electrons. The van der Waals surface area contributed by atoms with E-state index in [0.29, 0.717) is 11.3 Å². The number of carbonyl (C=O) groups is 1. The molecule has 1 unspecified atom stereocenters. The van der Waals surface area contributed by atoms with Crippen LogP contribution in [-0.4, -0.2) is 20.9 Å². The highest BCUT2D eigenvalue weighted by atomic mass is 19.1. The summed E-state index contributed by atoms with van der Waals surface area (Å²) in [7, 11) is 0. The molecule has 0 aliphatic carbocycles. The number of nitrogens with one attached hydrogen (secondary N) is 3. The second kappa shape index (κ2) is 9.38. The molecule has 0 aliphatic rings. The van der Waals surface area contributed by atoms with Gasteiger partial charge in [-0.15, -0.1) is 0 Å². The Morgan fingerprint density at radius 1 is 0.971 bits per heavy atom. The molecule has 1 atom stereocenters. The van der Waals surface area contributed by atoms with Crippen LogP contribution < -0.4 is 10.6 Å². The van der Waals surface area contributed by atoms with Crippen LogP contribution in [-0.2, 0) is 0 Å². The minimum atomic E-state index is -0.383. The molecule has 2 aromatic carbocycles. The Morgan fingerprint density at radius 2 is 1.80 bits per heavy atom. The molecule has 0 fully saturated rings. The number of aromatic amines is 1. The van der Waals surface area contributed by atoms with Crippen molar-refractivity contribution in [3.05, 3.63) is 119 Å². The molecule has 0 saturated carbocycles. The number of pyridine rings is 2. The average Bonchev–Trinajstić information content (AvgIpc) is 3.18. The van der Waals surface area contributed by atoms with Gasteiger partial charge >= 0.3 is 0 Å². The highest BCUT2D eigenvalue weighted by Crippen LogP contribution is 2.35. The van der Waals surface area contributed by atoms with Crippen LogP contribution in [0.15, 0.2) is 85.1 Å². The van der Waals surface area contributed by atoms with Gasteiger partial charge in [0.15, 0.2) is 0 Å². The Kier molecular flexibility index (Phi) is 5.97. The Balaban J connectivity index is 1.55. The standard InChI is InChI=1S/C28H24FN5O/c1-17-6-5-8-25(31-17)34-27(24-7-3-4-15-30-24)26-18(2)32-23-14-13-21(16-22(23)26)33-28(35)19-9-11-20(29)12-10-19/h3-16,27,32H,1-2H3,(H,31,34)(H,33,35). The number of aryl methyl sites for hydroxylation is 2. The third-order valence-corrected chi connectivity index (χ3v) is 5.85. The summed E-state index contributed by atoms with van der Waals surface area (Å²) in [4.78, 5) is 25.4. The summed E-state index contributed by atoms with van der Waals surface area (Å²) in [5, 5.41) is 7.42. The molecular weight excluding hydrogens is 441 g/mol. The summed E-state index contributed by atoms with van der Waals surface area (Å²) in [6.07, 6.45) is 1.77. The SMILES string of the molecule is Cc1cccc(NC(c2ccccn2)c2c(C)[nH]c3ccc(NC(=O)c4ccc(F)cc4)cc23)n1. The predicted octanol–water partition coefficient (Wildman–Crippen LogP) is 6.17. The van der Waals surface area contributed by atoms with Crippen molar-refractivity contribution in [2.75, 3.05) is 10.6 Å². The lowest BCUT2D eigenvalue weighted by Gasteiger charge is -2.20. The van der Waals surface area contributed by atoms with Crippen LogP contribution in [0.1, 0.15) is 39.0 Å². The predicted molar refractivity (Wildman–Crippen MR) is 136 cm³/mol. The van der Waals surface area contributed by atoms with Gasteiger partial charge in [-0.25, -0.2) is 9.37 Å². The Hall–Kier alpha value is -4.52. The van der Waals surface area contributed by atoms with Crippen LogP contribution in [0.3, 0.4) is 0 Å². The van der Waals surface area contributed by atoms with E-state index in [1.807, 2.05) is 68.4 Å². The van der Waals surface area contributed by atoms with E-state index >= 15 is 0 Å². The number of anilines is 2. The second-order valence-corrected chi connectivity index (χ2v) is 8.38. The van der Waals surface area contributed by atoms with Crippen LogP contribution in [0.5, 0.6) is 0 Å². The highest BCUT2D eigenvalue weighted by molar-refractivity contribution is 6.05. The van der Waals surface area contributed by atoms with Crippen molar-refractivity contribution in [1.82, 2.24) is 15.0 Å². The fourth-order valence-electron chi connectivity index (χ4n) is 4.21. The highest BCUT2D eigenvalue weighted by Gasteiger charge is 2.23. The molecule has 6 nitrogen and oxygen atoms in total. The minimum Gasteiger partial charge on any atom is -0.358 e. The van der Waals surface area contributed by atoms with E-state index in [4.69, 9.17) is 0 Å². The van der Waals surface area contributed by atoms with Crippen molar-refractivity contribution in [3.63, 3.8) is 0 Å². The van der Waals surface area contributed by atoms with Gasteiger partial charge in [0, 0.05) is 45.3 Å². The van der Waals surface area contributed by atoms with Gasteiger partial charge in [0.05, 0.1) is 11.7 Å². The maximum Gasteiger partial charge on any atom is 0.255 e. The van der Waals surface area contributed by atoms with Crippen molar-refractivity contribution in [1.29, 1.82) is 0 Å². The maximum absolute atomic E-state index is 13.2. The molecule has 3 aromatic heterocycles. The van der Waals surface area contributed by atoms with Gasteiger partial charge in [-0.2, -0.15) is 0 Å². The topological polar surface area (TPSA) is 82.7 Å². The number of fused-ring (bicyclic) bond motifs is 1. The van der Waals surface area contributed by atoms with Crippen LogP contribution in [0.4, 0.5) is 15.9 Å². The quantitative estimate of drug-likeness (QED) is 0.280. The van der Waals surface area contributed by atoms with E-state index in [1.165, 1.54) is 24.3 Å². The number of rotatable bonds is 6. The first-order valence-electron chi connectivity index (χ1n) is 11.3. The summed E-state index contributed by atoms with van der Waals surface area (Å²) in [6, 6.07) is 22.6. The smallest absolute Gasteiger partial charge is 0.255 e. The number of nitrogens with zero attached hydrogens (tertiary/aromatic N) is 2. The number of halogens is 1. The summed E-state index contributed by atoms with van der Waals surface area (Å²) in [6.45, 7) is 3.97. The second-order valence-electron chi connectivity index (χ2n) is 8.38. The first-order chi connectivity index (χ1) is 17.0. The van der Waals surface area contributed by atoms with Gasteiger partial charge in [0.25, 0.3) is 5.91 Å². The number of hydrogen-bond acceptors (Lipinski definition) is 4. The van der Waals surface area contributed by atoms with Crippen molar-refractivity contribution in [3.8, 4) is 0 Å². The fourth-order valence-corrected chi connectivity index (χ4v) is 4.21. The molecule has 0 radical (unpaired) electrons. The van der Waals surface area contributed by atoms with E-state index in [-0.39, 0.29) is 17.8 Å². The van der Waals surface area contributed by atoms with Gasteiger partial charge in [-0.05, 0) is 80.6 Å². The van der Waals surface area contributed by atoms with Gasteiger partial charge in [0.2, 0.25) is 0 Å². The molecule has 3 N–H and O–H groups in total. The Morgan fingerprint density at radius 3 is 2.54 bits per heavy atom. The molecule has 35 heavy (non-hydrogen) atoms. The van der Waals surface area contributed by atoms with E-state index < -0.39 is 0 Å². The minimum absolute atomic E-state index is 0.276. The number of aromatic nitrogens is 3. The number of amides is 1. The Labute approximate surface area is 202 Å². The third kappa shape index (κ3) is 4.75. The van der Waals surface area contributed by atoms with Crippen LogP contribution in [0.2, 0.25) is 0 Å². The molecule has 0 aliphatic heterocycles.